The Hall–Kier alpha value is -1.36. The van der Waals surface area contributed by atoms with Crippen molar-refractivity contribution < 1.29 is 14.3 Å². The molecule has 0 aliphatic carbocycles. The van der Waals surface area contributed by atoms with E-state index < -0.39 is 0 Å². The molecule has 1 fully saturated rings. The Morgan fingerprint density at radius 1 is 1.56 bits per heavy atom. The van der Waals surface area contributed by atoms with Crippen molar-refractivity contribution in [3.63, 3.8) is 0 Å². The summed E-state index contributed by atoms with van der Waals surface area (Å²) < 4.78 is 12.7. The molecule has 1 unspecified atom stereocenters. The van der Waals surface area contributed by atoms with E-state index in [1.54, 1.807) is 11.7 Å². The van der Waals surface area contributed by atoms with Gasteiger partial charge in [-0.25, -0.2) is 0 Å². The lowest BCUT2D eigenvalue weighted by Crippen LogP contribution is -2.48. The van der Waals surface area contributed by atoms with Gasteiger partial charge in [0.25, 0.3) is 0 Å². The van der Waals surface area contributed by atoms with Crippen molar-refractivity contribution in [2.24, 2.45) is 12.0 Å². The van der Waals surface area contributed by atoms with Crippen molar-refractivity contribution in [3.8, 4) is 0 Å². The predicted octanol–water partition coefficient (Wildman–Crippen LogP) is 1.33. The third-order valence-corrected chi connectivity index (χ3v) is 3.65. The zero-order valence-electron chi connectivity index (χ0n) is 15.3. The molecule has 8 nitrogen and oxygen atoms in total. The second kappa shape index (κ2) is 10.6. The van der Waals surface area contributed by atoms with Gasteiger partial charge in [0.15, 0.2) is 5.96 Å². The summed E-state index contributed by atoms with van der Waals surface area (Å²) in [7, 11) is 3.63. The van der Waals surface area contributed by atoms with Crippen molar-refractivity contribution in [1.82, 2.24) is 20.0 Å². The van der Waals surface area contributed by atoms with E-state index >= 15 is 0 Å². The van der Waals surface area contributed by atoms with Crippen molar-refractivity contribution in [2.45, 2.75) is 32.5 Å². The fourth-order valence-corrected chi connectivity index (χ4v) is 2.58. The van der Waals surface area contributed by atoms with Gasteiger partial charge in [-0.1, -0.05) is 0 Å². The molecule has 25 heavy (non-hydrogen) atoms. The number of hydrogen-bond acceptors (Lipinski definition) is 5. The predicted molar refractivity (Wildman–Crippen MR) is 106 cm³/mol. The number of carbonyl (C=O) groups is 1. The normalized spacial score (nSPS) is 18.0. The van der Waals surface area contributed by atoms with E-state index in [1.165, 1.54) is 0 Å². The summed E-state index contributed by atoms with van der Waals surface area (Å²) in [4.78, 5) is 18.0. The molecule has 2 rings (SSSR count). The van der Waals surface area contributed by atoms with E-state index in [2.05, 4.69) is 20.3 Å². The lowest BCUT2D eigenvalue weighted by molar-refractivity contribution is -0.147. The van der Waals surface area contributed by atoms with Gasteiger partial charge in [0, 0.05) is 38.9 Å². The average molecular weight is 465 g/mol. The van der Waals surface area contributed by atoms with Crippen LogP contribution in [0.3, 0.4) is 0 Å². The molecular formula is C16H28IN5O3. The highest BCUT2D eigenvalue weighted by Gasteiger charge is 2.25. The lowest BCUT2D eigenvalue weighted by Gasteiger charge is -2.34. The molecule has 0 aromatic carbocycles. The molecule has 0 amide bonds. The number of nitrogens with zero attached hydrogens (tertiary/aromatic N) is 4. The van der Waals surface area contributed by atoms with Crippen LogP contribution < -0.4 is 5.32 Å². The van der Waals surface area contributed by atoms with Gasteiger partial charge in [0.05, 0.1) is 31.9 Å². The quantitative estimate of drug-likeness (QED) is 0.306. The number of aryl methyl sites for hydroxylation is 1. The van der Waals surface area contributed by atoms with Crippen molar-refractivity contribution in [3.05, 3.63) is 18.0 Å². The Morgan fingerprint density at radius 2 is 2.32 bits per heavy atom. The molecule has 9 heteroatoms. The highest BCUT2D eigenvalue weighted by molar-refractivity contribution is 14.0. The SMILES string of the molecule is CN=C(NCCC(=O)OC(C)C)N1CCOC(c2cnn(C)c2)C1.I. The summed E-state index contributed by atoms with van der Waals surface area (Å²) in [6.07, 6.45) is 3.99. The Balaban J connectivity index is 0.00000312. The highest BCUT2D eigenvalue weighted by Crippen LogP contribution is 2.21. The fraction of sp³-hybridized carbons (Fsp3) is 0.688. The first-order valence-corrected chi connectivity index (χ1v) is 8.24. The molecule has 1 aromatic rings. The van der Waals surface area contributed by atoms with Crippen molar-refractivity contribution >= 4 is 35.9 Å². The number of aromatic nitrogens is 2. The molecule has 1 N–H and O–H groups in total. The molecule has 1 aliphatic heterocycles. The topological polar surface area (TPSA) is 81.0 Å². The largest absolute Gasteiger partial charge is 0.463 e. The standard InChI is InChI=1S/C16H27N5O3.HI/c1-12(2)24-15(22)5-6-18-16(17-3)21-7-8-23-14(11-21)13-9-19-20(4)10-13;/h9-10,12,14H,5-8,11H2,1-4H3,(H,17,18);1H. The number of morpholine rings is 1. The van der Waals surface area contributed by atoms with Gasteiger partial charge in [-0.2, -0.15) is 5.10 Å². The molecule has 1 aromatic heterocycles. The third-order valence-electron chi connectivity index (χ3n) is 3.65. The molecule has 2 heterocycles. The van der Waals surface area contributed by atoms with E-state index in [1.807, 2.05) is 33.3 Å². The zero-order valence-corrected chi connectivity index (χ0v) is 17.6. The van der Waals surface area contributed by atoms with Gasteiger partial charge < -0.3 is 19.7 Å². The summed E-state index contributed by atoms with van der Waals surface area (Å²) in [5.41, 5.74) is 1.05. The summed E-state index contributed by atoms with van der Waals surface area (Å²) >= 11 is 0. The van der Waals surface area contributed by atoms with Crippen LogP contribution in [-0.4, -0.2) is 66.0 Å². The van der Waals surface area contributed by atoms with Gasteiger partial charge in [0.2, 0.25) is 0 Å². The van der Waals surface area contributed by atoms with Crippen LogP contribution >= 0.6 is 24.0 Å². The minimum atomic E-state index is -0.205. The average Bonchev–Trinajstić information content (AvgIpc) is 2.97. The van der Waals surface area contributed by atoms with E-state index in [9.17, 15) is 4.79 Å². The second-order valence-corrected chi connectivity index (χ2v) is 6.02. The van der Waals surface area contributed by atoms with Gasteiger partial charge in [0.1, 0.15) is 6.10 Å². The minimum Gasteiger partial charge on any atom is -0.463 e. The maximum absolute atomic E-state index is 11.6. The zero-order chi connectivity index (χ0) is 17.5. The maximum atomic E-state index is 11.6. The number of esters is 1. The molecule has 1 saturated heterocycles. The molecule has 1 atom stereocenters. The number of halogens is 1. The smallest absolute Gasteiger partial charge is 0.307 e. The van der Waals surface area contributed by atoms with Crippen LogP contribution in [0.1, 0.15) is 31.9 Å². The number of guanidine groups is 1. The highest BCUT2D eigenvalue weighted by atomic mass is 127. The minimum absolute atomic E-state index is 0. The van der Waals surface area contributed by atoms with Gasteiger partial charge in [-0.05, 0) is 13.8 Å². The van der Waals surface area contributed by atoms with Crippen LogP contribution in [0, 0.1) is 0 Å². The van der Waals surface area contributed by atoms with Crippen LogP contribution in [0.5, 0.6) is 0 Å². The number of aliphatic imine (C=N–C) groups is 1. The molecule has 0 saturated carbocycles. The first-order valence-electron chi connectivity index (χ1n) is 8.24. The van der Waals surface area contributed by atoms with E-state index in [0.29, 0.717) is 26.1 Å². The number of nitrogens with one attached hydrogen (secondary N) is 1. The van der Waals surface area contributed by atoms with E-state index in [4.69, 9.17) is 9.47 Å². The van der Waals surface area contributed by atoms with Crippen LogP contribution in [0.2, 0.25) is 0 Å². The molecule has 1 aliphatic rings. The van der Waals surface area contributed by atoms with Crippen LogP contribution in [0.15, 0.2) is 17.4 Å². The van der Waals surface area contributed by atoms with Crippen molar-refractivity contribution in [1.29, 1.82) is 0 Å². The molecule has 0 radical (unpaired) electrons. The first-order chi connectivity index (χ1) is 11.5. The summed E-state index contributed by atoms with van der Waals surface area (Å²) in [5.74, 6) is 0.563. The number of ether oxygens (including phenoxy) is 2. The third kappa shape index (κ3) is 6.81. The molecule has 0 spiro atoms. The van der Waals surface area contributed by atoms with E-state index in [-0.39, 0.29) is 42.2 Å². The Kier molecular flexibility index (Phi) is 9.19. The summed E-state index contributed by atoms with van der Waals surface area (Å²) in [6.45, 7) is 6.25. The van der Waals surface area contributed by atoms with Crippen LogP contribution in [0.4, 0.5) is 0 Å². The molecular weight excluding hydrogens is 437 g/mol. The molecule has 0 bridgehead atoms. The van der Waals surface area contributed by atoms with Gasteiger partial charge >= 0.3 is 5.97 Å². The second-order valence-electron chi connectivity index (χ2n) is 6.02. The number of rotatable bonds is 5. The monoisotopic (exact) mass is 465 g/mol. The van der Waals surface area contributed by atoms with E-state index in [0.717, 1.165) is 18.1 Å². The van der Waals surface area contributed by atoms with Crippen LogP contribution in [-0.2, 0) is 21.3 Å². The number of hydrogen-bond donors (Lipinski definition) is 1. The Bertz CT molecular complexity index is 576. The van der Waals surface area contributed by atoms with Gasteiger partial charge in [-0.3, -0.25) is 14.5 Å². The van der Waals surface area contributed by atoms with Crippen LogP contribution in [0.25, 0.3) is 0 Å². The fourth-order valence-electron chi connectivity index (χ4n) is 2.58. The molecule has 142 valence electrons. The Morgan fingerprint density at radius 3 is 2.92 bits per heavy atom. The van der Waals surface area contributed by atoms with Crippen molar-refractivity contribution in [2.75, 3.05) is 33.3 Å². The summed E-state index contributed by atoms with van der Waals surface area (Å²) in [5, 5.41) is 7.41. The lowest BCUT2D eigenvalue weighted by atomic mass is 10.1. The first kappa shape index (κ1) is 21.7. The Labute approximate surface area is 166 Å². The summed E-state index contributed by atoms with van der Waals surface area (Å²) in [6, 6.07) is 0. The van der Waals surface area contributed by atoms with Gasteiger partial charge in [-0.15, -0.1) is 24.0 Å². The maximum Gasteiger partial charge on any atom is 0.307 e. The number of carbonyl (C=O) groups excluding carboxylic acids is 1.